The number of hydrogen-bond acceptors (Lipinski definition) is 3. The molecular weight excluding hydrogens is 168 g/mol. The van der Waals surface area contributed by atoms with Crippen LogP contribution in [0.4, 0.5) is 0 Å². The first-order valence-electron chi connectivity index (χ1n) is 3.37. The molecule has 0 heterocycles. The zero-order valence-electron chi connectivity index (χ0n) is 6.02. The Balaban J connectivity index is 2.14. The predicted molar refractivity (Wildman–Crippen MR) is 37.0 cm³/mol. The van der Waals surface area contributed by atoms with E-state index >= 15 is 0 Å². The van der Waals surface area contributed by atoms with E-state index in [1.807, 2.05) is 0 Å². The van der Waals surface area contributed by atoms with Crippen molar-refractivity contribution in [1.29, 1.82) is 0 Å². The Morgan fingerprint density at radius 3 is 2.18 bits per heavy atom. The maximum Gasteiger partial charge on any atom is 0.312 e. The van der Waals surface area contributed by atoms with Crippen molar-refractivity contribution in [3.8, 4) is 0 Å². The highest BCUT2D eigenvalue weighted by molar-refractivity contribution is 6.66. The molecule has 4 heteroatoms. The van der Waals surface area contributed by atoms with Gasteiger partial charge < -0.3 is 4.74 Å². The molecule has 0 radical (unpaired) electrons. The largest absolute Gasteiger partial charge is 0.469 e. The number of halogens is 1. The van der Waals surface area contributed by atoms with Gasteiger partial charge in [0.1, 0.15) is 0 Å². The molecule has 0 unspecified atom stereocenters. The van der Waals surface area contributed by atoms with Crippen LogP contribution in [0, 0.1) is 10.8 Å². The summed E-state index contributed by atoms with van der Waals surface area (Å²) in [6.07, 6.45) is 1.18. The van der Waals surface area contributed by atoms with Gasteiger partial charge in [-0.05, 0) is 24.4 Å². The fourth-order valence-corrected chi connectivity index (χ4v) is 2.07. The van der Waals surface area contributed by atoms with E-state index in [1.54, 1.807) is 0 Å². The summed E-state index contributed by atoms with van der Waals surface area (Å²) in [6.45, 7) is 0. The molecule has 0 bridgehead atoms. The van der Waals surface area contributed by atoms with Crippen LogP contribution in [0.15, 0.2) is 0 Å². The number of rotatable bonds is 2. The average Bonchev–Trinajstić information content (AvgIpc) is 2.68. The van der Waals surface area contributed by atoms with E-state index in [2.05, 4.69) is 4.74 Å². The van der Waals surface area contributed by atoms with Gasteiger partial charge in [0.2, 0.25) is 5.24 Å². The molecule has 0 N–H and O–H groups in total. The summed E-state index contributed by atoms with van der Waals surface area (Å²) >= 11 is 5.30. The summed E-state index contributed by atoms with van der Waals surface area (Å²) in [6, 6.07) is 0. The van der Waals surface area contributed by atoms with Crippen LogP contribution in [0.3, 0.4) is 0 Å². The van der Waals surface area contributed by atoms with Crippen molar-refractivity contribution >= 4 is 22.8 Å². The molecule has 0 aromatic rings. The van der Waals surface area contributed by atoms with Gasteiger partial charge in [0.15, 0.2) is 0 Å². The molecule has 0 spiro atoms. The maximum atomic E-state index is 11.0. The van der Waals surface area contributed by atoms with E-state index in [1.165, 1.54) is 7.11 Å². The molecule has 60 valence electrons. The van der Waals surface area contributed by atoms with Crippen molar-refractivity contribution in [2.45, 2.75) is 12.8 Å². The van der Waals surface area contributed by atoms with Gasteiger partial charge in [-0.2, -0.15) is 0 Å². The van der Waals surface area contributed by atoms with E-state index < -0.39 is 10.8 Å². The minimum atomic E-state index is -0.512. The monoisotopic (exact) mass is 174 g/mol. The first kappa shape index (κ1) is 7.10. The Kier molecular flexibility index (Phi) is 1.04. The van der Waals surface area contributed by atoms with Crippen molar-refractivity contribution < 1.29 is 14.3 Å². The molecule has 0 saturated heterocycles. The Labute approximate surface area is 68.7 Å². The Morgan fingerprint density at radius 2 is 1.91 bits per heavy atom. The highest BCUT2D eigenvalue weighted by Gasteiger charge is 2.91. The third kappa shape index (κ3) is 0.562. The van der Waals surface area contributed by atoms with Crippen LogP contribution in [-0.2, 0) is 14.3 Å². The Hall–Kier alpha value is -0.570. The second kappa shape index (κ2) is 1.61. The second-order valence-corrected chi connectivity index (χ2v) is 3.63. The molecule has 2 aliphatic rings. The molecule has 2 fully saturated rings. The summed E-state index contributed by atoms with van der Waals surface area (Å²) in [7, 11) is 1.33. The summed E-state index contributed by atoms with van der Waals surface area (Å²) in [5.74, 6) is -0.286. The van der Waals surface area contributed by atoms with Crippen LogP contribution >= 0.6 is 11.6 Å². The van der Waals surface area contributed by atoms with Gasteiger partial charge in [0.05, 0.1) is 17.9 Å². The lowest BCUT2D eigenvalue weighted by Gasteiger charge is -1.96. The van der Waals surface area contributed by atoms with Crippen LogP contribution in [0.2, 0.25) is 0 Å². The quantitative estimate of drug-likeness (QED) is 0.457. The van der Waals surface area contributed by atoms with Crippen molar-refractivity contribution in [3.05, 3.63) is 0 Å². The number of methoxy groups -OCH3 is 1. The predicted octanol–water partition coefficient (Wildman–Crippen LogP) is 0.705. The van der Waals surface area contributed by atoms with Gasteiger partial charge in [-0.1, -0.05) is 0 Å². The maximum absolute atomic E-state index is 11.0. The number of carbonyl (C=O) groups is 2. The topological polar surface area (TPSA) is 43.4 Å². The molecule has 0 aromatic carbocycles. The zero-order chi connectivity index (χ0) is 8.28. The first-order chi connectivity index (χ1) is 5.09. The van der Waals surface area contributed by atoms with E-state index in [4.69, 9.17) is 11.6 Å². The molecular formula is C7H7ClO3. The zero-order valence-corrected chi connectivity index (χ0v) is 6.77. The number of fused-ring (bicyclic) bond motifs is 1. The highest BCUT2D eigenvalue weighted by atomic mass is 35.5. The van der Waals surface area contributed by atoms with Gasteiger partial charge in [-0.25, -0.2) is 0 Å². The number of esters is 1. The van der Waals surface area contributed by atoms with E-state index in [9.17, 15) is 9.59 Å². The van der Waals surface area contributed by atoms with Crippen LogP contribution < -0.4 is 0 Å². The van der Waals surface area contributed by atoms with Crippen LogP contribution in [0.5, 0.6) is 0 Å². The van der Waals surface area contributed by atoms with Gasteiger partial charge in [0, 0.05) is 0 Å². The van der Waals surface area contributed by atoms with Crippen molar-refractivity contribution in [1.82, 2.24) is 0 Å². The molecule has 0 aromatic heterocycles. The highest BCUT2D eigenvalue weighted by Crippen LogP contribution is 2.87. The van der Waals surface area contributed by atoms with Crippen molar-refractivity contribution in [2.24, 2.45) is 10.8 Å². The SMILES string of the molecule is COC(=O)C12CC1(C(=O)Cl)C2. The minimum Gasteiger partial charge on any atom is -0.469 e. The first-order valence-corrected chi connectivity index (χ1v) is 3.75. The van der Waals surface area contributed by atoms with Gasteiger partial charge in [-0.15, -0.1) is 0 Å². The normalized spacial score (nSPS) is 44.2. The third-order valence-electron chi connectivity index (χ3n) is 2.83. The van der Waals surface area contributed by atoms with Gasteiger partial charge >= 0.3 is 5.97 Å². The lowest BCUT2D eigenvalue weighted by atomic mass is 10.2. The van der Waals surface area contributed by atoms with Crippen LogP contribution in [0.1, 0.15) is 12.8 Å². The fourth-order valence-electron chi connectivity index (χ4n) is 1.75. The Morgan fingerprint density at radius 1 is 1.36 bits per heavy atom. The van der Waals surface area contributed by atoms with E-state index in [-0.39, 0.29) is 11.2 Å². The van der Waals surface area contributed by atoms with Crippen molar-refractivity contribution in [2.75, 3.05) is 7.11 Å². The van der Waals surface area contributed by atoms with E-state index in [0.717, 1.165) is 0 Å². The smallest absolute Gasteiger partial charge is 0.312 e. The summed E-state index contributed by atoms with van der Waals surface area (Å²) in [5.41, 5.74) is -1.01. The minimum absolute atomic E-state index is 0.286. The van der Waals surface area contributed by atoms with Crippen molar-refractivity contribution in [3.63, 3.8) is 0 Å². The lowest BCUT2D eigenvalue weighted by Crippen LogP contribution is -2.08. The number of ether oxygens (including phenoxy) is 1. The third-order valence-corrected chi connectivity index (χ3v) is 3.19. The average molecular weight is 175 g/mol. The molecule has 11 heavy (non-hydrogen) atoms. The van der Waals surface area contributed by atoms with E-state index in [0.29, 0.717) is 12.8 Å². The molecule has 2 rings (SSSR count). The Bertz CT molecular complexity index is 252. The summed E-state index contributed by atoms with van der Waals surface area (Å²) in [5, 5.41) is -0.386. The number of hydrogen-bond donors (Lipinski definition) is 0. The second-order valence-electron chi connectivity index (χ2n) is 3.28. The fraction of sp³-hybridized carbons (Fsp3) is 0.714. The molecule has 0 atom stereocenters. The molecule has 0 amide bonds. The van der Waals surface area contributed by atoms with Crippen LogP contribution in [-0.4, -0.2) is 18.3 Å². The standard InChI is InChI=1S/C7H7ClO3/c1-11-5(10)7-2-6(7,3-7)4(8)9/h2-3H2,1H3. The molecule has 0 aliphatic heterocycles. The van der Waals surface area contributed by atoms with Crippen LogP contribution in [0.25, 0.3) is 0 Å². The molecule has 3 nitrogen and oxygen atoms in total. The summed E-state index contributed by atoms with van der Waals surface area (Å²) < 4.78 is 4.54. The van der Waals surface area contributed by atoms with Gasteiger partial charge in [0.25, 0.3) is 0 Å². The lowest BCUT2D eigenvalue weighted by molar-refractivity contribution is -0.144. The molecule has 2 saturated carbocycles. The molecule has 2 aliphatic carbocycles. The van der Waals surface area contributed by atoms with Gasteiger partial charge in [-0.3, -0.25) is 9.59 Å². The summed E-state index contributed by atoms with van der Waals surface area (Å²) in [4.78, 5) is 21.8. The number of carbonyl (C=O) groups excluding carboxylic acids is 2.